The van der Waals surface area contributed by atoms with Crippen molar-refractivity contribution in [2.45, 2.75) is 201 Å². The predicted octanol–water partition coefficient (Wildman–Crippen LogP) is 11.5. The van der Waals surface area contributed by atoms with Crippen LogP contribution in [-0.4, -0.2) is 127 Å². The lowest BCUT2D eigenvalue weighted by atomic mass is 9.79. The number of hydrogen-bond acceptors (Lipinski definition) is 21. The minimum atomic E-state index is -2.01. The first-order chi connectivity index (χ1) is 52.1. The summed E-state index contributed by atoms with van der Waals surface area (Å²) in [5.74, 6) is -18.0. The van der Waals surface area contributed by atoms with Gasteiger partial charge in [0.05, 0.1) is 34.0 Å². The van der Waals surface area contributed by atoms with Gasteiger partial charge in [0, 0.05) is 76.5 Å². The lowest BCUT2D eigenvalue weighted by Crippen LogP contribution is -2.53. The maximum Gasteiger partial charge on any atom is 0.330 e. The van der Waals surface area contributed by atoms with E-state index in [-0.39, 0.29) is 126 Å². The molecule has 11 rings (SSSR count). The molecule has 0 aliphatic carbocycles. The number of esters is 4. The van der Waals surface area contributed by atoms with E-state index in [0.717, 1.165) is 40.0 Å². The van der Waals surface area contributed by atoms with E-state index in [1.54, 1.807) is 20.9 Å². The van der Waals surface area contributed by atoms with Gasteiger partial charge < -0.3 is 74.9 Å². The predicted molar refractivity (Wildman–Crippen MR) is 402 cm³/mol. The van der Waals surface area contributed by atoms with Gasteiger partial charge in [0.25, 0.3) is 0 Å². The molecule has 6 aliphatic heterocycles. The molecule has 0 saturated carbocycles. The van der Waals surface area contributed by atoms with Crippen LogP contribution in [0.15, 0.2) is 78.9 Å². The average molecular weight is 1560 g/mol. The molecule has 0 spiro atoms. The van der Waals surface area contributed by atoms with Crippen molar-refractivity contribution in [3.63, 3.8) is 0 Å². The fraction of sp³-hybridized carbons (Fsp3) is 0.481. The largest absolute Gasteiger partial charge is 0.479 e. The lowest BCUT2D eigenvalue weighted by Gasteiger charge is -2.43. The Morgan fingerprint density at radius 1 is 0.655 bits per heavy atom. The number of amides is 5. The first-order valence-corrected chi connectivity index (χ1v) is 37.7. The molecule has 5 aromatic carbocycles. The van der Waals surface area contributed by atoms with Crippen molar-refractivity contribution in [1.29, 1.82) is 0 Å². The van der Waals surface area contributed by atoms with E-state index >= 15 is 24.0 Å². The summed E-state index contributed by atoms with van der Waals surface area (Å²) in [5.41, 5.74) is -0.0215. The van der Waals surface area contributed by atoms with E-state index in [1.807, 2.05) is 41.5 Å². The maximum absolute atomic E-state index is 16.7. The number of carboxylic acid groups (broad SMARTS) is 1. The number of carboxylic acids is 1. The highest BCUT2D eigenvalue weighted by Crippen LogP contribution is 2.51. The summed E-state index contributed by atoms with van der Waals surface area (Å²) in [5, 5.41) is 27.8. The van der Waals surface area contributed by atoms with Gasteiger partial charge in [-0.15, -0.1) is 0 Å². The Balaban J connectivity index is 1.36. The highest BCUT2D eigenvalue weighted by Gasteiger charge is 2.45. The second-order valence-corrected chi connectivity index (χ2v) is 30.0. The third-order valence-corrected chi connectivity index (χ3v) is 21.0. The summed E-state index contributed by atoms with van der Waals surface area (Å²) in [7, 11) is 1.55. The van der Waals surface area contributed by atoms with Gasteiger partial charge in [-0.1, -0.05) is 122 Å². The topological polar surface area (TPSA) is 371 Å². The first kappa shape index (κ1) is 84.1. The monoisotopic (exact) mass is 1560 g/mol. The number of carbonyl (C=O) groups excluding carboxylic acids is 11. The number of carbonyl (C=O) groups is 12. The normalized spacial score (nSPS) is 23.6. The zero-order valence-electron chi connectivity index (χ0n) is 63.8. The highest BCUT2D eigenvalue weighted by molar-refractivity contribution is 6.32. The molecule has 6 aliphatic rings. The van der Waals surface area contributed by atoms with Crippen LogP contribution in [-0.2, 0) is 71.7 Å². The lowest BCUT2D eigenvalue weighted by molar-refractivity contribution is -0.223. The molecule has 0 aromatic heterocycles. The number of halogens is 2. The van der Waals surface area contributed by atoms with Crippen LogP contribution >= 0.6 is 23.2 Å². The zero-order chi connectivity index (χ0) is 80.3. The van der Waals surface area contributed by atoms with Crippen LogP contribution in [0.25, 0.3) is 11.1 Å². The highest BCUT2D eigenvalue weighted by atomic mass is 35.5. The van der Waals surface area contributed by atoms with Gasteiger partial charge in [0.15, 0.2) is 35.2 Å². The number of benzene rings is 5. The molecule has 1 fully saturated rings. The summed E-state index contributed by atoms with van der Waals surface area (Å²) < 4.78 is 50.7. The Morgan fingerprint density at radius 3 is 1.90 bits per heavy atom. The fourth-order valence-electron chi connectivity index (χ4n) is 14.2. The van der Waals surface area contributed by atoms with Crippen LogP contribution in [0.3, 0.4) is 0 Å². The van der Waals surface area contributed by atoms with Gasteiger partial charge in [-0.3, -0.25) is 52.7 Å². The average Bonchev–Trinajstić information content (AvgIpc) is 0.761. The number of unbranched alkanes of at least 4 members (excludes halogenated alkanes) is 4. The standard InChI is InChI=1S/C81H96Cl2N6O21/c1-14-15-16-17-18-19-68(96)85-36-52-32-59(94)73(89-78(99)58(84-13)26-38(2)3)74(106-47(12)93)50-22-25-63(57(83)31-50)108-66-34-51-33-65(75(66)110-81-42(7)40(5)41(6)67(109-81)37-103-44(9)90)107-62-24-20-48(30-56(62)82)43(8)70-79(100)88-72(80(101)102)55-27-39(4)28-64(105-46(11)92)69(55)54-29-49(21-23-61(54)104-45(10)91)53(77(98)86-70)35-60(95)71(51)87-76(52)97/h20-25,27-31,33-34,38,40-43,52-53,58,67,70-74,81,84H,14-19,26,32,35-37H2,1-13H3,(H,85,96)(H,86,98)(H,87,97)(H,88,100)(H,89,99)(H,101,102)/t40?,41?,42?,43-,52+,53-,58-,67?,70+,71-,72+,73+,74-,81?/m1/s1. The van der Waals surface area contributed by atoms with Gasteiger partial charge in [0.2, 0.25) is 41.6 Å². The van der Waals surface area contributed by atoms with E-state index in [1.165, 1.54) is 85.8 Å². The number of ketones is 2. The van der Waals surface area contributed by atoms with Gasteiger partial charge in [-0.25, -0.2) is 4.79 Å². The van der Waals surface area contributed by atoms with Crippen molar-refractivity contribution in [3.05, 3.63) is 122 Å². The van der Waals surface area contributed by atoms with Crippen molar-refractivity contribution in [3.8, 4) is 51.4 Å². The van der Waals surface area contributed by atoms with Gasteiger partial charge in [0.1, 0.15) is 47.7 Å². The van der Waals surface area contributed by atoms with Crippen LogP contribution in [0.2, 0.25) is 10.0 Å². The number of ether oxygens (including phenoxy) is 8. The molecule has 7 N–H and O–H groups in total. The Labute approximate surface area is 648 Å². The maximum atomic E-state index is 16.7. The SMILES string of the molecule is CCCCCCCC(=O)NC[C@@H]1CC(=O)[C@H](NC(=O)[C@@H](CC(C)C)NC)[C@H](OC(C)=O)c2ccc(c(Cl)c2)Oc2cc3cc(c2OC2OC(COC(C)=O)C(C)C(C)C2C)Oc2ccc(cc2Cl)[C@@H](C)[C@@H]2NC(=O)[C@H](CC(=O)[C@@H]3NC1=O)c1ccc(OC(C)=O)c(c1)-c1c(OC(C)=O)cc(C)cc1[C@@H](C(=O)O)NC2=O. The second-order valence-electron chi connectivity index (χ2n) is 29.2. The Hall–Kier alpha value is -9.96. The van der Waals surface area contributed by atoms with E-state index < -0.39 is 163 Å². The summed E-state index contributed by atoms with van der Waals surface area (Å²) >= 11 is 14.7. The number of fused-ring (bicyclic) bond motifs is 15. The molecule has 27 nitrogen and oxygen atoms in total. The summed E-state index contributed by atoms with van der Waals surface area (Å²) in [6.07, 6.45) is -1.21. The number of likely N-dealkylation sites (N-methyl/N-ethyl adjacent to an activating group) is 1. The molecule has 29 heteroatoms. The molecule has 5 unspecified atom stereocenters. The van der Waals surface area contributed by atoms with Crippen LogP contribution in [0, 0.1) is 36.5 Å². The number of Topliss-reactive ketones (excluding diaryl/α,β-unsaturated/α-hetero) is 2. The van der Waals surface area contributed by atoms with E-state index in [9.17, 15) is 38.7 Å². The van der Waals surface area contributed by atoms with Crippen LogP contribution in [0.1, 0.15) is 197 Å². The van der Waals surface area contributed by atoms with Crippen molar-refractivity contribution in [2.24, 2.45) is 29.6 Å². The van der Waals surface area contributed by atoms with Gasteiger partial charge >= 0.3 is 29.8 Å². The van der Waals surface area contributed by atoms with Crippen molar-refractivity contribution in [1.82, 2.24) is 31.9 Å². The minimum Gasteiger partial charge on any atom is -0.479 e. The summed E-state index contributed by atoms with van der Waals surface area (Å²) in [6, 6.07) is 9.66. The van der Waals surface area contributed by atoms with Crippen molar-refractivity contribution in [2.75, 3.05) is 20.2 Å². The zero-order valence-corrected chi connectivity index (χ0v) is 65.3. The molecular formula is C81H96Cl2N6O21. The number of hydrogen-bond donors (Lipinski definition) is 7. The Kier molecular flexibility index (Phi) is 28.4. The molecular weight excluding hydrogens is 1460 g/mol. The minimum absolute atomic E-state index is 0.0191. The molecule has 110 heavy (non-hydrogen) atoms. The van der Waals surface area contributed by atoms with E-state index in [0.29, 0.717) is 18.4 Å². The second kappa shape index (κ2) is 37.2. The smallest absolute Gasteiger partial charge is 0.330 e. The molecule has 5 aromatic rings. The summed E-state index contributed by atoms with van der Waals surface area (Å²) in [6.45, 7) is 18.5. The first-order valence-electron chi connectivity index (χ1n) is 37.0. The quantitative estimate of drug-likeness (QED) is 0.0204. The fourth-order valence-corrected chi connectivity index (χ4v) is 14.7. The van der Waals surface area contributed by atoms with Crippen molar-refractivity contribution < 1.29 is 101 Å². The van der Waals surface area contributed by atoms with Gasteiger partial charge in [-0.2, -0.15) is 0 Å². The number of aliphatic carboxylic acids is 1. The molecule has 0 radical (unpaired) electrons. The Morgan fingerprint density at radius 2 is 1.29 bits per heavy atom. The number of aryl methyl sites for hydroxylation is 1. The Bertz CT molecular complexity index is 4370. The molecule has 1 saturated heterocycles. The number of rotatable bonds is 21. The molecule has 11 bridgehead atoms. The van der Waals surface area contributed by atoms with Crippen LogP contribution in [0.5, 0.6) is 40.2 Å². The molecule has 6 heterocycles. The third-order valence-electron chi connectivity index (χ3n) is 20.4. The van der Waals surface area contributed by atoms with Gasteiger partial charge in [-0.05, 0) is 133 Å². The third kappa shape index (κ3) is 20.5. The van der Waals surface area contributed by atoms with Crippen LogP contribution < -0.4 is 55.6 Å². The number of nitrogens with one attached hydrogen (secondary N) is 6. The molecule has 590 valence electrons. The van der Waals surface area contributed by atoms with E-state index in [4.69, 9.17) is 61.1 Å². The van der Waals surface area contributed by atoms with Crippen LogP contribution in [0.4, 0.5) is 0 Å². The van der Waals surface area contributed by atoms with E-state index in [2.05, 4.69) is 31.9 Å². The summed E-state index contributed by atoms with van der Waals surface area (Å²) in [4.78, 5) is 174. The molecule has 5 amide bonds. The molecule has 14 atom stereocenters. The van der Waals surface area contributed by atoms with Crippen molar-refractivity contribution >= 4 is 94.2 Å².